The highest BCUT2D eigenvalue weighted by Crippen LogP contribution is 2.20. The summed E-state index contributed by atoms with van der Waals surface area (Å²) >= 11 is 0. The minimum absolute atomic E-state index is 0.0249. The first-order valence-corrected chi connectivity index (χ1v) is 6.82. The van der Waals surface area contributed by atoms with Crippen molar-refractivity contribution < 1.29 is 4.74 Å². The van der Waals surface area contributed by atoms with E-state index < -0.39 is 0 Å². The van der Waals surface area contributed by atoms with Crippen molar-refractivity contribution in [2.24, 2.45) is 0 Å². The van der Waals surface area contributed by atoms with Gasteiger partial charge in [0.05, 0.1) is 6.10 Å². The second-order valence-electron chi connectivity index (χ2n) is 4.74. The Morgan fingerprint density at radius 1 is 1.20 bits per heavy atom. The number of aryl methyl sites for hydroxylation is 1. The molecule has 0 aliphatic carbocycles. The molecule has 5 nitrogen and oxygen atoms in total. The summed E-state index contributed by atoms with van der Waals surface area (Å²) < 4.78 is 5.57. The first-order valence-electron chi connectivity index (χ1n) is 6.82. The second kappa shape index (κ2) is 6.32. The molecule has 2 rings (SSSR count). The van der Waals surface area contributed by atoms with Crippen LogP contribution in [0.4, 0.5) is 5.95 Å². The summed E-state index contributed by atoms with van der Waals surface area (Å²) in [5.74, 6) is 1.13. The molecule has 1 aromatic heterocycles. The van der Waals surface area contributed by atoms with Crippen molar-refractivity contribution in [2.45, 2.75) is 33.3 Å². The minimum Gasteiger partial charge on any atom is -0.461 e. The van der Waals surface area contributed by atoms with E-state index in [1.165, 1.54) is 5.56 Å². The maximum absolute atomic E-state index is 5.57. The van der Waals surface area contributed by atoms with Gasteiger partial charge in [0.15, 0.2) is 5.82 Å². The molecule has 0 aliphatic heterocycles. The fraction of sp³-hybridized carbons (Fsp3) is 0.400. The normalized spacial score (nSPS) is 10.7. The van der Waals surface area contributed by atoms with Gasteiger partial charge in [0.1, 0.15) is 0 Å². The zero-order valence-electron chi connectivity index (χ0n) is 12.3. The standard InChI is InChI=1S/C15H20N4O/c1-5-11-7-6-8-12(9-11)13-17-14(16-4)19-15(18-13)20-10(2)3/h6-10H,5H2,1-4H3,(H,16,17,18,19). The molecule has 106 valence electrons. The first-order chi connectivity index (χ1) is 9.62. The molecule has 0 atom stereocenters. The summed E-state index contributed by atoms with van der Waals surface area (Å²) in [5, 5.41) is 2.94. The van der Waals surface area contributed by atoms with Crippen molar-refractivity contribution in [1.29, 1.82) is 0 Å². The highest BCUT2D eigenvalue weighted by Gasteiger charge is 2.10. The van der Waals surface area contributed by atoms with Gasteiger partial charge in [0, 0.05) is 12.6 Å². The summed E-state index contributed by atoms with van der Waals surface area (Å²) in [4.78, 5) is 13.0. The van der Waals surface area contributed by atoms with Gasteiger partial charge >= 0.3 is 6.01 Å². The van der Waals surface area contributed by atoms with Crippen molar-refractivity contribution >= 4 is 5.95 Å². The van der Waals surface area contributed by atoms with E-state index in [9.17, 15) is 0 Å². The summed E-state index contributed by atoms with van der Waals surface area (Å²) in [5.41, 5.74) is 2.22. The van der Waals surface area contributed by atoms with Gasteiger partial charge in [-0.15, -0.1) is 0 Å². The van der Waals surface area contributed by atoms with E-state index >= 15 is 0 Å². The SMILES string of the molecule is CCc1cccc(-c2nc(NC)nc(OC(C)C)n2)c1. The molecule has 1 heterocycles. The van der Waals surface area contributed by atoms with E-state index in [4.69, 9.17) is 4.74 Å². The highest BCUT2D eigenvalue weighted by atomic mass is 16.5. The quantitative estimate of drug-likeness (QED) is 0.906. The number of anilines is 1. The number of nitrogens with one attached hydrogen (secondary N) is 1. The number of ether oxygens (including phenoxy) is 1. The van der Waals surface area contributed by atoms with Crippen molar-refractivity contribution in [2.75, 3.05) is 12.4 Å². The molecule has 1 aromatic carbocycles. The molecule has 0 fully saturated rings. The Morgan fingerprint density at radius 3 is 2.65 bits per heavy atom. The van der Waals surface area contributed by atoms with Crippen molar-refractivity contribution in [3.63, 3.8) is 0 Å². The van der Waals surface area contributed by atoms with Crippen LogP contribution in [0.5, 0.6) is 6.01 Å². The number of hydrogen-bond acceptors (Lipinski definition) is 5. The number of rotatable bonds is 5. The van der Waals surface area contributed by atoms with E-state index in [1.807, 2.05) is 26.0 Å². The van der Waals surface area contributed by atoms with Crippen LogP contribution in [0.3, 0.4) is 0 Å². The molecular weight excluding hydrogens is 252 g/mol. The van der Waals surface area contributed by atoms with Crippen LogP contribution < -0.4 is 10.1 Å². The molecule has 5 heteroatoms. The second-order valence-corrected chi connectivity index (χ2v) is 4.74. The third-order valence-corrected chi connectivity index (χ3v) is 2.77. The summed E-state index contributed by atoms with van der Waals surface area (Å²) in [7, 11) is 1.78. The monoisotopic (exact) mass is 272 g/mol. The van der Waals surface area contributed by atoms with Gasteiger partial charge in [0.25, 0.3) is 0 Å². The van der Waals surface area contributed by atoms with Crippen LogP contribution in [0, 0.1) is 0 Å². The van der Waals surface area contributed by atoms with Gasteiger partial charge in [-0.3, -0.25) is 0 Å². The van der Waals surface area contributed by atoms with Gasteiger partial charge in [0.2, 0.25) is 5.95 Å². The Labute approximate surface area is 119 Å². The number of hydrogen-bond donors (Lipinski definition) is 1. The smallest absolute Gasteiger partial charge is 0.322 e. The van der Waals surface area contributed by atoms with Gasteiger partial charge < -0.3 is 10.1 Å². The van der Waals surface area contributed by atoms with Crippen molar-refractivity contribution in [1.82, 2.24) is 15.0 Å². The molecule has 2 aromatic rings. The number of aromatic nitrogens is 3. The van der Waals surface area contributed by atoms with E-state index in [2.05, 4.69) is 39.3 Å². The minimum atomic E-state index is 0.0249. The van der Waals surface area contributed by atoms with E-state index in [0.717, 1.165) is 12.0 Å². The molecule has 20 heavy (non-hydrogen) atoms. The Morgan fingerprint density at radius 2 is 2.00 bits per heavy atom. The number of benzene rings is 1. The van der Waals surface area contributed by atoms with Crippen LogP contribution in [-0.2, 0) is 6.42 Å². The summed E-state index contributed by atoms with van der Waals surface area (Å²) in [6.45, 7) is 6.01. The van der Waals surface area contributed by atoms with Crippen LogP contribution in [0.2, 0.25) is 0 Å². The summed E-state index contributed by atoms with van der Waals surface area (Å²) in [6.07, 6.45) is 1.00. The van der Waals surface area contributed by atoms with Gasteiger partial charge in [-0.25, -0.2) is 0 Å². The Hall–Kier alpha value is -2.17. The van der Waals surface area contributed by atoms with Crippen LogP contribution in [0.15, 0.2) is 24.3 Å². The fourth-order valence-corrected chi connectivity index (χ4v) is 1.79. The molecule has 0 radical (unpaired) electrons. The lowest BCUT2D eigenvalue weighted by molar-refractivity contribution is 0.222. The molecule has 0 saturated heterocycles. The third-order valence-electron chi connectivity index (χ3n) is 2.77. The maximum Gasteiger partial charge on any atom is 0.322 e. The average Bonchev–Trinajstić information content (AvgIpc) is 2.46. The molecule has 0 spiro atoms. The fourth-order valence-electron chi connectivity index (χ4n) is 1.79. The molecule has 1 N–H and O–H groups in total. The van der Waals surface area contributed by atoms with Gasteiger partial charge in [-0.1, -0.05) is 25.1 Å². The highest BCUT2D eigenvalue weighted by molar-refractivity contribution is 5.57. The molecule has 0 saturated carbocycles. The molecular formula is C15H20N4O. The van der Waals surface area contributed by atoms with E-state index in [0.29, 0.717) is 17.8 Å². The lowest BCUT2D eigenvalue weighted by Gasteiger charge is -2.10. The predicted octanol–water partition coefficient (Wildman–Crippen LogP) is 2.93. The van der Waals surface area contributed by atoms with Gasteiger partial charge in [-0.2, -0.15) is 15.0 Å². The Balaban J connectivity index is 2.43. The Kier molecular flexibility index (Phi) is 4.50. The summed E-state index contributed by atoms with van der Waals surface area (Å²) in [6, 6.07) is 8.53. The largest absolute Gasteiger partial charge is 0.461 e. The molecule has 0 bridgehead atoms. The van der Waals surface area contributed by atoms with Gasteiger partial charge in [-0.05, 0) is 31.9 Å². The van der Waals surface area contributed by atoms with Crippen molar-refractivity contribution in [3.05, 3.63) is 29.8 Å². The molecule has 0 amide bonds. The van der Waals surface area contributed by atoms with Crippen LogP contribution in [0.25, 0.3) is 11.4 Å². The average molecular weight is 272 g/mol. The maximum atomic E-state index is 5.57. The van der Waals surface area contributed by atoms with Crippen LogP contribution in [-0.4, -0.2) is 28.1 Å². The lowest BCUT2D eigenvalue weighted by Crippen LogP contribution is -2.11. The lowest BCUT2D eigenvalue weighted by atomic mass is 10.1. The molecule has 0 unspecified atom stereocenters. The predicted molar refractivity (Wildman–Crippen MR) is 80.0 cm³/mol. The van der Waals surface area contributed by atoms with E-state index in [-0.39, 0.29) is 6.10 Å². The Bertz CT molecular complexity index is 584. The van der Waals surface area contributed by atoms with Crippen LogP contribution >= 0.6 is 0 Å². The van der Waals surface area contributed by atoms with E-state index in [1.54, 1.807) is 7.05 Å². The molecule has 0 aliphatic rings. The first kappa shape index (κ1) is 14.2. The number of nitrogens with zero attached hydrogens (tertiary/aromatic N) is 3. The topological polar surface area (TPSA) is 59.9 Å². The third kappa shape index (κ3) is 3.44. The zero-order valence-corrected chi connectivity index (χ0v) is 12.3. The zero-order chi connectivity index (χ0) is 14.5. The van der Waals surface area contributed by atoms with Crippen LogP contribution in [0.1, 0.15) is 26.3 Å². The van der Waals surface area contributed by atoms with Crippen molar-refractivity contribution in [3.8, 4) is 17.4 Å².